The van der Waals surface area contributed by atoms with Gasteiger partial charge in [0, 0.05) is 18.3 Å². The maximum atomic E-state index is 13.8. The van der Waals surface area contributed by atoms with E-state index in [1.807, 2.05) is 6.92 Å². The second kappa shape index (κ2) is 6.78. The first-order chi connectivity index (χ1) is 10.1. The lowest BCUT2D eigenvalue weighted by molar-refractivity contribution is 0.102. The van der Waals surface area contributed by atoms with Crippen LogP contribution in [0.3, 0.4) is 0 Å². The minimum Gasteiger partial charge on any atom is -0.380 e. The van der Waals surface area contributed by atoms with Crippen molar-refractivity contribution in [1.29, 1.82) is 0 Å². The topological polar surface area (TPSA) is 54.0 Å². The number of pyridine rings is 1. The van der Waals surface area contributed by atoms with Crippen LogP contribution in [0.1, 0.15) is 23.7 Å². The van der Waals surface area contributed by atoms with Crippen molar-refractivity contribution in [2.75, 3.05) is 17.2 Å². The van der Waals surface area contributed by atoms with Gasteiger partial charge in [-0.3, -0.25) is 9.78 Å². The van der Waals surface area contributed by atoms with E-state index in [2.05, 4.69) is 15.6 Å². The number of anilines is 2. The molecule has 2 rings (SSSR count). The van der Waals surface area contributed by atoms with Gasteiger partial charge in [0.25, 0.3) is 5.91 Å². The molecule has 0 radical (unpaired) electrons. The quantitative estimate of drug-likeness (QED) is 0.887. The summed E-state index contributed by atoms with van der Waals surface area (Å²) >= 11 is 0. The first-order valence-corrected chi connectivity index (χ1v) is 6.56. The Kier molecular flexibility index (Phi) is 4.81. The van der Waals surface area contributed by atoms with E-state index in [0.29, 0.717) is 12.2 Å². The fourth-order valence-electron chi connectivity index (χ4n) is 1.76. The fraction of sp³-hybridized carbons (Fsp3) is 0.200. The minimum atomic E-state index is -0.792. The normalized spacial score (nSPS) is 10.2. The molecule has 0 saturated heterocycles. The lowest BCUT2D eigenvalue weighted by Crippen LogP contribution is -2.14. The van der Waals surface area contributed by atoms with Crippen LogP contribution < -0.4 is 10.6 Å². The Hall–Kier alpha value is -2.50. The summed E-state index contributed by atoms with van der Waals surface area (Å²) in [6.07, 6.45) is 3.74. The predicted octanol–water partition coefficient (Wildman–Crippen LogP) is 3.43. The molecule has 4 nitrogen and oxygen atoms in total. The average molecular weight is 291 g/mol. The van der Waals surface area contributed by atoms with E-state index in [1.165, 1.54) is 6.20 Å². The Labute approximate surface area is 121 Å². The van der Waals surface area contributed by atoms with E-state index in [4.69, 9.17) is 0 Å². The Morgan fingerprint density at radius 2 is 2.00 bits per heavy atom. The van der Waals surface area contributed by atoms with Gasteiger partial charge in [-0.2, -0.15) is 0 Å². The average Bonchev–Trinajstić information content (AvgIpc) is 2.47. The number of hydrogen-bond donors (Lipinski definition) is 2. The molecule has 0 spiro atoms. The zero-order valence-electron chi connectivity index (χ0n) is 11.5. The molecule has 0 fully saturated rings. The van der Waals surface area contributed by atoms with Gasteiger partial charge in [0.15, 0.2) is 0 Å². The van der Waals surface area contributed by atoms with Gasteiger partial charge in [-0.1, -0.05) is 6.92 Å². The smallest absolute Gasteiger partial charge is 0.255 e. The highest BCUT2D eigenvalue weighted by atomic mass is 19.1. The van der Waals surface area contributed by atoms with Crippen LogP contribution in [0, 0.1) is 11.6 Å². The van der Waals surface area contributed by atoms with Crippen LogP contribution in [-0.2, 0) is 0 Å². The summed E-state index contributed by atoms with van der Waals surface area (Å²) in [4.78, 5) is 15.8. The summed E-state index contributed by atoms with van der Waals surface area (Å²) in [5.74, 6) is -2.18. The van der Waals surface area contributed by atoms with Crippen LogP contribution in [0.15, 0.2) is 36.7 Å². The van der Waals surface area contributed by atoms with E-state index >= 15 is 0 Å². The molecule has 0 aliphatic heterocycles. The van der Waals surface area contributed by atoms with Crippen molar-refractivity contribution in [3.63, 3.8) is 0 Å². The zero-order chi connectivity index (χ0) is 15.2. The van der Waals surface area contributed by atoms with E-state index in [-0.39, 0.29) is 11.3 Å². The molecule has 0 atom stereocenters. The molecular formula is C15H15F2N3O. The van der Waals surface area contributed by atoms with Crippen molar-refractivity contribution in [2.45, 2.75) is 13.3 Å². The monoisotopic (exact) mass is 291 g/mol. The number of rotatable bonds is 5. The number of carbonyl (C=O) groups is 1. The number of amides is 1. The Morgan fingerprint density at radius 1 is 1.29 bits per heavy atom. The van der Waals surface area contributed by atoms with Gasteiger partial charge in [-0.05, 0) is 30.7 Å². The summed E-state index contributed by atoms with van der Waals surface area (Å²) < 4.78 is 27.7. The molecule has 6 heteroatoms. The molecule has 0 bridgehead atoms. The molecule has 2 N–H and O–H groups in total. The Balaban J connectivity index is 2.19. The summed E-state index contributed by atoms with van der Waals surface area (Å²) in [7, 11) is 0. The van der Waals surface area contributed by atoms with Crippen molar-refractivity contribution in [2.24, 2.45) is 0 Å². The van der Waals surface area contributed by atoms with E-state index in [1.54, 1.807) is 18.3 Å². The molecule has 0 aliphatic rings. The third kappa shape index (κ3) is 3.75. The van der Waals surface area contributed by atoms with Crippen LogP contribution >= 0.6 is 0 Å². The van der Waals surface area contributed by atoms with E-state index < -0.39 is 17.5 Å². The highest BCUT2D eigenvalue weighted by Crippen LogP contribution is 2.21. The molecule has 1 heterocycles. The van der Waals surface area contributed by atoms with Crippen molar-refractivity contribution >= 4 is 17.3 Å². The molecule has 1 aromatic heterocycles. The fourth-order valence-corrected chi connectivity index (χ4v) is 1.76. The van der Waals surface area contributed by atoms with Gasteiger partial charge in [0.2, 0.25) is 0 Å². The first kappa shape index (κ1) is 14.9. The van der Waals surface area contributed by atoms with Gasteiger partial charge in [0.05, 0.1) is 11.9 Å². The highest BCUT2D eigenvalue weighted by molar-refractivity contribution is 6.04. The van der Waals surface area contributed by atoms with Gasteiger partial charge < -0.3 is 10.6 Å². The number of carbonyl (C=O) groups excluding carboxylic acids is 1. The summed E-state index contributed by atoms with van der Waals surface area (Å²) in [5, 5.41) is 5.18. The maximum absolute atomic E-state index is 13.8. The van der Waals surface area contributed by atoms with Gasteiger partial charge in [-0.25, -0.2) is 8.78 Å². The predicted molar refractivity (Wildman–Crippen MR) is 77.3 cm³/mol. The van der Waals surface area contributed by atoms with Crippen LogP contribution in [0.2, 0.25) is 0 Å². The number of benzene rings is 1. The van der Waals surface area contributed by atoms with Crippen molar-refractivity contribution in [1.82, 2.24) is 4.98 Å². The number of nitrogens with one attached hydrogen (secondary N) is 2. The van der Waals surface area contributed by atoms with Gasteiger partial charge in [-0.15, -0.1) is 0 Å². The summed E-state index contributed by atoms with van der Waals surface area (Å²) in [5.41, 5.74) is 0.155. The SMILES string of the molecule is CCCNc1c(F)cc(C(=O)Nc2cccnc2)cc1F. The van der Waals surface area contributed by atoms with Gasteiger partial charge in [0.1, 0.15) is 17.3 Å². The largest absolute Gasteiger partial charge is 0.380 e. The maximum Gasteiger partial charge on any atom is 0.255 e. The number of halogens is 2. The van der Waals surface area contributed by atoms with Crippen LogP contribution in [-0.4, -0.2) is 17.4 Å². The van der Waals surface area contributed by atoms with Gasteiger partial charge >= 0.3 is 0 Å². The van der Waals surface area contributed by atoms with Crippen LogP contribution in [0.25, 0.3) is 0 Å². The minimum absolute atomic E-state index is 0.0871. The summed E-state index contributed by atoms with van der Waals surface area (Å²) in [6, 6.07) is 5.29. The van der Waals surface area contributed by atoms with Crippen molar-refractivity contribution in [3.8, 4) is 0 Å². The Morgan fingerprint density at radius 3 is 2.57 bits per heavy atom. The van der Waals surface area contributed by atoms with Crippen LogP contribution in [0.4, 0.5) is 20.2 Å². The third-order valence-corrected chi connectivity index (χ3v) is 2.78. The second-order valence-electron chi connectivity index (χ2n) is 4.44. The van der Waals surface area contributed by atoms with E-state index in [0.717, 1.165) is 18.6 Å². The van der Waals surface area contributed by atoms with E-state index in [9.17, 15) is 13.6 Å². The third-order valence-electron chi connectivity index (χ3n) is 2.78. The van der Waals surface area contributed by atoms with Crippen LogP contribution in [0.5, 0.6) is 0 Å². The number of nitrogens with zero attached hydrogens (tertiary/aromatic N) is 1. The molecule has 0 unspecified atom stereocenters. The molecule has 1 amide bonds. The standard InChI is InChI=1S/C15H15F2N3O/c1-2-5-19-14-12(16)7-10(8-13(14)17)15(21)20-11-4-3-6-18-9-11/h3-4,6-9,19H,2,5H2,1H3,(H,20,21). The van der Waals surface area contributed by atoms with Crippen molar-refractivity contribution in [3.05, 3.63) is 53.9 Å². The molecular weight excluding hydrogens is 276 g/mol. The van der Waals surface area contributed by atoms with Crippen molar-refractivity contribution < 1.29 is 13.6 Å². The Bertz CT molecular complexity index is 609. The number of hydrogen-bond acceptors (Lipinski definition) is 3. The lowest BCUT2D eigenvalue weighted by atomic mass is 10.1. The molecule has 1 aromatic carbocycles. The first-order valence-electron chi connectivity index (χ1n) is 6.56. The second-order valence-corrected chi connectivity index (χ2v) is 4.44. The zero-order valence-corrected chi connectivity index (χ0v) is 11.5. The molecule has 0 aliphatic carbocycles. The molecule has 21 heavy (non-hydrogen) atoms. The molecule has 110 valence electrons. The molecule has 0 saturated carbocycles. The number of aromatic nitrogens is 1. The summed E-state index contributed by atoms with van der Waals surface area (Å²) in [6.45, 7) is 2.34. The lowest BCUT2D eigenvalue weighted by Gasteiger charge is -2.10. The highest BCUT2D eigenvalue weighted by Gasteiger charge is 2.15. The molecule has 2 aromatic rings.